The second-order valence-corrected chi connectivity index (χ2v) is 9.76. The highest BCUT2D eigenvalue weighted by Gasteiger charge is 2.45. The minimum absolute atomic E-state index is 0.165. The van der Waals surface area contributed by atoms with Gasteiger partial charge in [0, 0.05) is 37.6 Å². The molecule has 0 spiro atoms. The third-order valence-electron chi connectivity index (χ3n) is 7.01. The van der Waals surface area contributed by atoms with E-state index in [0.717, 1.165) is 50.3 Å². The Labute approximate surface area is 188 Å². The number of halogens is 1. The van der Waals surface area contributed by atoms with Crippen molar-refractivity contribution < 1.29 is 13.9 Å². The monoisotopic (exact) mass is 443 g/mol. The van der Waals surface area contributed by atoms with Gasteiger partial charge < -0.3 is 14.1 Å². The van der Waals surface area contributed by atoms with Crippen molar-refractivity contribution in [3.05, 3.63) is 46.6 Å². The van der Waals surface area contributed by atoms with Gasteiger partial charge in [-0.25, -0.2) is 0 Å². The van der Waals surface area contributed by atoms with E-state index in [2.05, 4.69) is 22.3 Å². The number of hydrogen-bond acceptors (Lipinski definition) is 5. The SMILES string of the molecule is O=C(CCc1nnc(C2(c3ccc(Cl)cc3)CCC2)o1)N(CC1CC1)CC1CCCO1. The maximum absolute atomic E-state index is 13.0. The Kier molecular flexibility index (Phi) is 6.02. The molecule has 1 aliphatic heterocycles. The molecule has 0 radical (unpaired) electrons. The second-order valence-electron chi connectivity index (χ2n) is 9.32. The highest BCUT2D eigenvalue weighted by molar-refractivity contribution is 6.30. The summed E-state index contributed by atoms with van der Waals surface area (Å²) in [6.45, 7) is 2.38. The fourth-order valence-electron chi connectivity index (χ4n) is 4.77. The smallest absolute Gasteiger partial charge is 0.227 e. The third kappa shape index (κ3) is 4.65. The average molecular weight is 444 g/mol. The minimum atomic E-state index is -0.211. The lowest BCUT2D eigenvalue weighted by Gasteiger charge is -2.39. The molecule has 31 heavy (non-hydrogen) atoms. The average Bonchev–Trinajstić information content (AvgIpc) is 3.20. The molecule has 2 aromatic rings. The molecule has 3 fully saturated rings. The van der Waals surface area contributed by atoms with Crippen LogP contribution in [0.2, 0.25) is 5.02 Å². The molecule has 1 amide bonds. The van der Waals surface area contributed by atoms with Crippen molar-refractivity contribution in [1.29, 1.82) is 0 Å². The first-order valence-corrected chi connectivity index (χ1v) is 12.0. The first-order valence-electron chi connectivity index (χ1n) is 11.6. The van der Waals surface area contributed by atoms with E-state index in [1.807, 2.05) is 17.0 Å². The van der Waals surface area contributed by atoms with Crippen LogP contribution in [-0.4, -0.2) is 46.8 Å². The van der Waals surface area contributed by atoms with Crippen LogP contribution in [-0.2, 0) is 21.4 Å². The first-order chi connectivity index (χ1) is 15.1. The van der Waals surface area contributed by atoms with Crippen LogP contribution in [0.3, 0.4) is 0 Å². The van der Waals surface area contributed by atoms with Crippen LogP contribution in [0.1, 0.15) is 68.7 Å². The van der Waals surface area contributed by atoms with Crippen molar-refractivity contribution in [2.45, 2.75) is 69.3 Å². The van der Waals surface area contributed by atoms with Crippen LogP contribution in [0.4, 0.5) is 0 Å². The van der Waals surface area contributed by atoms with E-state index < -0.39 is 0 Å². The normalized spacial score (nSPS) is 22.3. The number of amides is 1. The Balaban J connectivity index is 1.22. The molecule has 0 N–H and O–H groups in total. The van der Waals surface area contributed by atoms with Crippen molar-refractivity contribution in [3.63, 3.8) is 0 Å². The lowest BCUT2D eigenvalue weighted by molar-refractivity contribution is -0.133. The van der Waals surface area contributed by atoms with E-state index in [-0.39, 0.29) is 17.4 Å². The molecule has 1 aromatic heterocycles. The van der Waals surface area contributed by atoms with Crippen LogP contribution in [0.15, 0.2) is 28.7 Å². The zero-order valence-corrected chi connectivity index (χ0v) is 18.6. The zero-order valence-electron chi connectivity index (χ0n) is 17.9. The molecular formula is C24H30ClN3O3. The van der Waals surface area contributed by atoms with Crippen LogP contribution < -0.4 is 0 Å². The number of carbonyl (C=O) groups excluding carboxylic acids is 1. The van der Waals surface area contributed by atoms with Gasteiger partial charge in [-0.1, -0.05) is 30.2 Å². The van der Waals surface area contributed by atoms with Crippen LogP contribution in [0, 0.1) is 5.92 Å². The van der Waals surface area contributed by atoms with Gasteiger partial charge in [0.05, 0.1) is 11.5 Å². The minimum Gasteiger partial charge on any atom is -0.424 e. The standard InChI is InChI=1S/C24H30ClN3O3/c25-19-8-6-18(7-9-19)24(12-2-13-24)23-27-26-21(31-23)10-11-22(29)28(15-17-4-5-17)16-20-3-1-14-30-20/h6-9,17,20H,1-5,10-16H2. The zero-order chi connectivity index (χ0) is 21.3. The Morgan fingerprint density at radius 1 is 1.10 bits per heavy atom. The Morgan fingerprint density at radius 2 is 1.90 bits per heavy atom. The topological polar surface area (TPSA) is 68.5 Å². The maximum Gasteiger partial charge on any atom is 0.227 e. The molecule has 6 nitrogen and oxygen atoms in total. The van der Waals surface area contributed by atoms with E-state index in [1.165, 1.54) is 18.4 Å². The fourth-order valence-corrected chi connectivity index (χ4v) is 4.90. The Morgan fingerprint density at radius 3 is 2.55 bits per heavy atom. The van der Waals surface area contributed by atoms with E-state index in [1.54, 1.807) is 0 Å². The lowest BCUT2D eigenvalue weighted by atomic mass is 9.64. The molecule has 2 saturated carbocycles. The van der Waals surface area contributed by atoms with Crippen LogP contribution >= 0.6 is 11.6 Å². The number of benzene rings is 1. The number of nitrogens with zero attached hydrogens (tertiary/aromatic N) is 3. The molecule has 2 aliphatic carbocycles. The van der Waals surface area contributed by atoms with Gasteiger partial charge in [-0.15, -0.1) is 10.2 Å². The summed E-state index contributed by atoms with van der Waals surface area (Å²) in [5.74, 6) is 2.04. The van der Waals surface area contributed by atoms with Gasteiger partial charge in [-0.05, 0) is 62.1 Å². The largest absolute Gasteiger partial charge is 0.424 e. The summed E-state index contributed by atoms with van der Waals surface area (Å²) in [6, 6.07) is 7.93. The summed E-state index contributed by atoms with van der Waals surface area (Å²) >= 11 is 6.06. The molecule has 166 valence electrons. The lowest BCUT2D eigenvalue weighted by Crippen LogP contribution is -2.38. The number of ether oxygens (including phenoxy) is 1. The quantitative estimate of drug-likeness (QED) is 0.569. The summed E-state index contributed by atoms with van der Waals surface area (Å²) in [5.41, 5.74) is 0.958. The van der Waals surface area contributed by atoms with Crippen molar-refractivity contribution >= 4 is 17.5 Å². The molecule has 1 atom stereocenters. The van der Waals surface area contributed by atoms with Gasteiger partial charge >= 0.3 is 0 Å². The maximum atomic E-state index is 13.0. The first kappa shape index (κ1) is 21.0. The van der Waals surface area contributed by atoms with Crippen molar-refractivity contribution in [2.24, 2.45) is 5.92 Å². The van der Waals surface area contributed by atoms with Gasteiger partial charge in [-0.2, -0.15) is 0 Å². The number of aromatic nitrogens is 2. The van der Waals surface area contributed by atoms with Gasteiger partial charge in [0.25, 0.3) is 0 Å². The van der Waals surface area contributed by atoms with E-state index in [0.29, 0.717) is 37.1 Å². The number of carbonyl (C=O) groups is 1. The summed E-state index contributed by atoms with van der Waals surface area (Å²) in [7, 11) is 0. The predicted octanol–water partition coefficient (Wildman–Crippen LogP) is 4.54. The van der Waals surface area contributed by atoms with Crippen molar-refractivity contribution in [2.75, 3.05) is 19.7 Å². The van der Waals surface area contributed by atoms with Crippen molar-refractivity contribution in [3.8, 4) is 0 Å². The van der Waals surface area contributed by atoms with Crippen LogP contribution in [0.5, 0.6) is 0 Å². The van der Waals surface area contributed by atoms with Crippen molar-refractivity contribution in [1.82, 2.24) is 15.1 Å². The highest BCUT2D eigenvalue weighted by atomic mass is 35.5. The molecule has 1 saturated heterocycles. The predicted molar refractivity (Wildman–Crippen MR) is 117 cm³/mol. The Hall–Kier alpha value is -1.92. The molecule has 0 bridgehead atoms. The molecule has 7 heteroatoms. The van der Waals surface area contributed by atoms with E-state index in [9.17, 15) is 4.79 Å². The molecule has 5 rings (SSSR count). The Bertz CT molecular complexity index is 899. The molecule has 2 heterocycles. The highest BCUT2D eigenvalue weighted by Crippen LogP contribution is 2.48. The van der Waals surface area contributed by atoms with Gasteiger partial charge in [0.2, 0.25) is 17.7 Å². The van der Waals surface area contributed by atoms with Crippen LogP contribution in [0.25, 0.3) is 0 Å². The fraction of sp³-hybridized carbons (Fsp3) is 0.625. The summed E-state index contributed by atoms with van der Waals surface area (Å²) in [5, 5.41) is 9.38. The number of aryl methyl sites for hydroxylation is 1. The number of hydrogen-bond donors (Lipinski definition) is 0. The summed E-state index contributed by atoms with van der Waals surface area (Å²) in [4.78, 5) is 15.0. The summed E-state index contributed by atoms with van der Waals surface area (Å²) < 4.78 is 11.8. The van der Waals surface area contributed by atoms with Gasteiger partial charge in [0.15, 0.2) is 0 Å². The molecule has 1 unspecified atom stereocenters. The third-order valence-corrected chi connectivity index (χ3v) is 7.26. The second kappa shape index (κ2) is 8.91. The van der Waals surface area contributed by atoms with Gasteiger partial charge in [0.1, 0.15) is 0 Å². The van der Waals surface area contributed by atoms with E-state index in [4.69, 9.17) is 20.8 Å². The summed E-state index contributed by atoms with van der Waals surface area (Å²) in [6.07, 6.45) is 8.80. The molecule has 3 aliphatic rings. The van der Waals surface area contributed by atoms with Gasteiger partial charge in [-0.3, -0.25) is 4.79 Å². The molecular weight excluding hydrogens is 414 g/mol. The van der Waals surface area contributed by atoms with E-state index >= 15 is 0 Å². The molecule has 1 aromatic carbocycles. The number of rotatable bonds is 9.